The number of amides is 5. The van der Waals surface area contributed by atoms with Crippen LogP contribution in [0.4, 0.5) is 4.79 Å². The number of para-hydroxylation sites is 1. The molecule has 49 heavy (non-hydrogen) atoms. The summed E-state index contributed by atoms with van der Waals surface area (Å²) in [5.41, 5.74) is 1.74. The summed E-state index contributed by atoms with van der Waals surface area (Å²) in [7, 11) is 0. The second-order valence-electron chi connectivity index (χ2n) is 13.0. The molecule has 1 heterocycles. The van der Waals surface area contributed by atoms with E-state index in [1.165, 1.54) is 10.8 Å². The van der Waals surface area contributed by atoms with Crippen LogP contribution < -0.4 is 26.7 Å². The van der Waals surface area contributed by atoms with Gasteiger partial charge in [0.1, 0.15) is 29.8 Å². The summed E-state index contributed by atoms with van der Waals surface area (Å²) in [5.74, 6) is -5.75. The largest absolute Gasteiger partial charge is 0.481 e. The fraction of sp³-hybridized carbons (Fsp3) is 0.545. The topological polar surface area (TPSA) is 234 Å². The highest BCUT2D eigenvalue weighted by Gasteiger charge is 2.36. The van der Waals surface area contributed by atoms with Gasteiger partial charge in [-0.05, 0) is 44.2 Å². The van der Waals surface area contributed by atoms with E-state index in [0.29, 0.717) is 35.7 Å². The second-order valence-corrected chi connectivity index (χ2v) is 13.0. The summed E-state index contributed by atoms with van der Waals surface area (Å²) in [4.78, 5) is 88.9. The maximum Gasteiger partial charge on any atom is 0.408 e. The molecular weight excluding hydrogens is 640 g/mol. The predicted molar refractivity (Wildman–Crippen MR) is 178 cm³/mol. The van der Waals surface area contributed by atoms with Crippen LogP contribution in [-0.2, 0) is 39.9 Å². The first kappa shape index (κ1) is 40.2. The maximum absolute atomic E-state index is 13.7. The highest BCUT2D eigenvalue weighted by atomic mass is 16.6. The molecule has 16 nitrogen and oxygen atoms in total. The van der Waals surface area contributed by atoms with Crippen LogP contribution in [0.1, 0.15) is 73.3 Å². The van der Waals surface area contributed by atoms with E-state index in [1.807, 2.05) is 0 Å². The van der Waals surface area contributed by atoms with Crippen molar-refractivity contribution in [1.82, 2.24) is 31.3 Å². The highest BCUT2D eigenvalue weighted by Crippen LogP contribution is 2.22. The number of fused-ring (bicyclic) bond motifs is 1. The van der Waals surface area contributed by atoms with Crippen molar-refractivity contribution < 1.29 is 48.6 Å². The molecule has 0 bridgehead atoms. The number of nitrogens with zero attached hydrogens (tertiary/aromatic N) is 1. The van der Waals surface area contributed by atoms with Crippen molar-refractivity contribution in [2.75, 3.05) is 0 Å². The number of hydrogen-bond acceptors (Lipinski definition) is 9. The van der Waals surface area contributed by atoms with Crippen LogP contribution >= 0.6 is 0 Å². The molecular formula is C33H48N6O10. The smallest absolute Gasteiger partial charge is 0.408 e. The Balaban J connectivity index is 2.33. The number of aromatic nitrogens is 1. The minimum atomic E-state index is -1.58. The number of carboxylic acid groups (broad SMARTS) is 1. The maximum atomic E-state index is 13.7. The van der Waals surface area contributed by atoms with Gasteiger partial charge in [-0.1, -0.05) is 58.7 Å². The number of alkyl carbamates (subject to hydrolysis) is 1. The Kier molecular flexibility index (Phi) is 14.7. The lowest BCUT2D eigenvalue weighted by molar-refractivity contribution is -0.140. The Morgan fingerprint density at radius 2 is 1.39 bits per heavy atom. The molecule has 0 aliphatic heterocycles. The van der Waals surface area contributed by atoms with E-state index in [1.54, 1.807) is 78.2 Å². The average Bonchev–Trinajstić information content (AvgIpc) is 3.40. The van der Waals surface area contributed by atoms with Crippen molar-refractivity contribution in [1.29, 1.82) is 0 Å². The van der Waals surface area contributed by atoms with E-state index in [2.05, 4.69) is 21.3 Å². The van der Waals surface area contributed by atoms with Crippen LogP contribution in [0.15, 0.2) is 30.5 Å². The standard InChI is InChI=1S/C33H48N6O10/c1-8-18(3)26(30(45)34-22(29(44)38-48)14-20-16-39(17-40)24-13-11-10-12-21(20)24)37-31(46)27(19(4)9-2)36-28(43)23(15-25(41)42)35-32(47)49-33(5,6)7/h10-13,16-19,22-23,26-27,48H,8-9,14-15H2,1-7H3,(H,34,45)(H,35,47)(H,36,43)(H,37,46)(H,38,44)(H,41,42)/t18-,19-,22-,23-,26-,27-/m0/s1. The van der Waals surface area contributed by atoms with Gasteiger partial charge in [0.05, 0.1) is 11.9 Å². The molecule has 0 saturated carbocycles. The van der Waals surface area contributed by atoms with E-state index < -0.39 is 83.7 Å². The first-order chi connectivity index (χ1) is 23.0. The Hall–Kier alpha value is -4.99. The van der Waals surface area contributed by atoms with Gasteiger partial charge in [-0.3, -0.25) is 38.5 Å². The van der Waals surface area contributed by atoms with Crippen LogP contribution in [0, 0.1) is 11.8 Å². The summed E-state index contributed by atoms with van der Waals surface area (Å²) in [6.07, 6.45) is 1.01. The number of rotatable bonds is 17. The molecule has 16 heteroatoms. The van der Waals surface area contributed by atoms with Gasteiger partial charge in [-0.2, -0.15) is 0 Å². The summed E-state index contributed by atoms with van der Waals surface area (Å²) < 4.78 is 6.48. The Bertz CT molecular complexity index is 1520. The lowest BCUT2D eigenvalue weighted by Gasteiger charge is -2.30. The van der Waals surface area contributed by atoms with Crippen LogP contribution in [0.2, 0.25) is 0 Å². The third-order valence-corrected chi connectivity index (χ3v) is 8.08. The zero-order valence-electron chi connectivity index (χ0n) is 28.9. The first-order valence-electron chi connectivity index (χ1n) is 16.1. The molecule has 1 aromatic heterocycles. The third-order valence-electron chi connectivity index (χ3n) is 8.08. The summed E-state index contributed by atoms with van der Waals surface area (Å²) in [6.45, 7) is 11.7. The number of carbonyl (C=O) groups excluding carboxylic acids is 6. The molecule has 0 aliphatic carbocycles. The lowest BCUT2D eigenvalue weighted by atomic mass is 9.94. The van der Waals surface area contributed by atoms with Crippen LogP contribution in [-0.4, -0.2) is 86.8 Å². The SMILES string of the molecule is CC[C@H](C)[C@H](NC(=O)[C@H](CC(=O)O)NC(=O)OC(C)(C)C)C(=O)N[C@H](C(=O)N[C@@H](Cc1cn(C=O)c2ccccc12)C(=O)NO)[C@@H](C)CC. The highest BCUT2D eigenvalue weighted by molar-refractivity contribution is 5.96. The zero-order chi connectivity index (χ0) is 37.1. The van der Waals surface area contributed by atoms with E-state index in [0.717, 1.165) is 0 Å². The predicted octanol–water partition coefficient (Wildman–Crippen LogP) is 1.64. The van der Waals surface area contributed by atoms with Gasteiger partial charge in [-0.25, -0.2) is 10.3 Å². The molecule has 6 atom stereocenters. The van der Waals surface area contributed by atoms with E-state index in [4.69, 9.17) is 4.74 Å². The fourth-order valence-electron chi connectivity index (χ4n) is 5.03. The van der Waals surface area contributed by atoms with Gasteiger partial charge in [0.2, 0.25) is 24.1 Å². The van der Waals surface area contributed by atoms with Gasteiger partial charge >= 0.3 is 12.1 Å². The van der Waals surface area contributed by atoms with Crippen molar-refractivity contribution >= 4 is 53.0 Å². The number of carboxylic acids is 1. The Labute approximate surface area is 284 Å². The van der Waals surface area contributed by atoms with Crippen LogP contribution in [0.3, 0.4) is 0 Å². The van der Waals surface area contributed by atoms with E-state index in [-0.39, 0.29) is 6.42 Å². The molecule has 0 unspecified atom stereocenters. The summed E-state index contributed by atoms with van der Waals surface area (Å²) >= 11 is 0. The number of nitrogens with one attached hydrogen (secondary N) is 5. The van der Waals surface area contributed by atoms with Crippen molar-refractivity contribution in [2.45, 2.75) is 104 Å². The third kappa shape index (κ3) is 11.6. The minimum Gasteiger partial charge on any atom is -0.481 e. The molecule has 0 saturated heterocycles. The van der Waals surface area contributed by atoms with Crippen molar-refractivity contribution in [3.8, 4) is 0 Å². The molecule has 0 aliphatic rings. The zero-order valence-corrected chi connectivity index (χ0v) is 28.9. The van der Waals surface area contributed by atoms with Crippen LogP contribution in [0.5, 0.6) is 0 Å². The Morgan fingerprint density at radius 3 is 1.90 bits per heavy atom. The minimum absolute atomic E-state index is 0.109. The lowest BCUT2D eigenvalue weighted by Crippen LogP contribution is -2.61. The van der Waals surface area contributed by atoms with Gasteiger partial charge in [0.15, 0.2) is 0 Å². The van der Waals surface area contributed by atoms with Crippen molar-refractivity contribution in [3.05, 3.63) is 36.0 Å². The molecule has 7 N–H and O–H groups in total. The second kappa shape index (κ2) is 18.0. The fourth-order valence-corrected chi connectivity index (χ4v) is 5.03. The van der Waals surface area contributed by atoms with Crippen molar-refractivity contribution in [2.24, 2.45) is 11.8 Å². The molecule has 270 valence electrons. The average molecular weight is 689 g/mol. The van der Waals surface area contributed by atoms with Gasteiger partial charge in [0.25, 0.3) is 5.91 Å². The van der Waals surface area contributed by atoms with Crippen LogP contribution in [0.25, 0.3) is 10.9 Å². The number of aliphatic carboxylic acids is 1. The number of carbonyl (C=O) groups is 7. The number of ether oxygens (including phenoxy) is 1. The molecule has 2 aromatic rings. The number of hydrogen-bond donors (Lipinski definition) is 7. The molecule has 2 rings (SSSR count). The normalized spacial score (nSPS) is 15.0. The molecule has 5 amide bonds. The number of hydroxylamine groups is 1. The van der Waals surface area contributed by atoms with E-state index in [9.17, 15) is 43.9 Å². The van der Waals surface area contributed by atoms with Crippen molar-refractivity contribution in [3.63, 3.8) is 0 Å². The van der Waals surface area contributed by atoms with Gasteiger partial charge in [0, 0.05) is 18.0 Å². The molecule has 1 aromatic carbocycles. The van der Waals surface area contributed by atoms with Gasteiger partial charge < -0.3 is 31.1 Å². The van der Waals surface area contributed by atoms with Gasteiger partial charge in [-0.15, -0.1) is 0 Å². The van der Waals surface area contributed by atoms with E-state index >= 15 is 0 Å². The molecule has 0 fully saturated rings. The number of benzene rings is 1. The monoisotopic (exact) mass is 688 g/mol. The quantitative estimate of drug-likeness (QED) is 0.0721. The molecule has 0 spiro atoms. The first-order valence-corrected chi connectivity index (χ1v) is 16.1. The summed E-state index contributed by atoms with van der Waals surface area (Å²) in [6, 6.07) is 1.60. The molecule has 0 radical (unpaired) electrons. The summed E-state index contributed by atoms with van der Waals surface area (Å²) in [5, 5.41) is 29.5. The Morgan fingerprint density at radius 1 is 0.837 bits per heavy atom.